The van der Waals surface area contributed by atoms with Gasteiger partial charge in [0.1, 0.15) is 5.56 Å². The van der Waals surface area contributed by atoms with Crippen LogP contribution in [-0.2, 0) is 6.54 Å². The number of halogens is 1. The summed E-state index contributed by atoms with van der Waals surface area (Å²) in [5.41, 5.74) is 1.20. The number of carbonyl (C=O) groups excluding carboxylic acids is 1. The second kappa shape index (κ2) is 5.54. The summed E-state index contributed by atoms with van der Waals surface area (Å²) < 4.78 is 1.53. The van der Waals surface area contributed by atoms with Crippen molar-refractivity contribution in [2.75, 3.05) is 11.1 Å². The van der Waals surface area contributed by atoms with Crippen molar-refractivity contribution in [1.29, 1.82) is 0 Å². The van der Waals surface area contributed by atoms with Gasteiger partial charge in [0.2, 0.25) is 0 Å². The highest BCUT2D eigenvalue weighted by molar-refractivity contribution is 7.99. The van der Waals surface area contributed by atoms with Crippen molar-refractivity contribution in [2.45, 2.75) is 18.6 Å². The lowest BCUT2D eigenvalue weighted by Gasteiger charge is -2.09. The zero-order chi connectivity index (χ0) is 15.0. The number of fused-ring (bicyclic) bond motifs is 1. The van der Waals surface area contributed by atoms with E-state index in [1.807, 2.05) is 13.0 Å². The summed E-state index contributed by atoms with van der Waals surface area (Å²) in [4.78, 5) is 28.7. The Bertz CT molecular complexity index is 788. The van der Waals surface area contributed by atoms with E-state index in [-0.39, 0.29) is 11.1 Å². The molecule has 2 heterocycles. The minimum Gasteiger partial charge on any atom is -0.321 e. The molecule has 7 heteroatoms. The fraction of sp³-hybridized carbons (Fsp3) is 0.214. The lowest BCUT2D eigenvalue weighted by Crippen LogP contribution is -2.29. The first-order valence-corrected chi connectivity index (χ1v) is 7.73. The van der Waals surface area contributed by atoms with Crippen LogP contribution in [0.3, 0.4) is 0 Å². The van der Waals surface area contributed by atoms with Crippen LogP contribution < -0.4 is 10.9 Å². The predicted molar refractivity (Wildman–Crippen MR) is 83.4 cm³/mol. The molecule has 21 heavy (non-hydrogen) atoms. The van der Waals surface area contributed by atoms with E-state index in [4.69, 9.17) is 11.6 Å². The normalized spacial score (nSPS) is 13.0. The summed E-state index contributed by atoms with van der Waals surface area (Å²) >= 11 is 7.44. The van der Waals surface area contributed by atoms with Gasteiger partial charge in [0, 0.05) is 29.2 Å². The minimum absolute atomic E-state index is 0.0422. The minimum atomic E-state index is -0.468. The van der Waals surface area contributed by atoms with Crippen molar-refractivity contribution in [3.05, 3.63) is 50.9 Å². The van der Waals surface area contributed by atoms with E-state index in [9.17, 15) is 9.59 Å². The number of aromatic nitrogens is 2. The van der Waals surface area contributed by atoms with Gasteiger partial charge < -0.3 is 5.32 Å². The molecule has 1 aromatic heterocycles. The van der Waals surface area contributed by atoms with Crippen molar-refractivity contribution in [3.8, 4) is 0 Å². The molecule has 0 unspecified atom stereocenters. The van der Waals surface area contributed by atoms with Crippen molar-refractivity contribution in [2.24, 2.45) is 0 Å². The molecule has 1 aliphatic heterocycles. The first kappa shape index (κ1) is 14.2. The van der Waals surface area contributed by atoms with E-state index in [0.717, 1.165) is 11.3 Å². The van der Waals surface area contributed by atoms with Crippen LogP contribution in [0, 0.1) is 6.92 Å². The molecule has 0 saturated carbocycles. The van der Waals surface area contributed by atoms with Crippen LogP contribution in [0.2, 0.25) is 5.02 Å². The summed E-state index contributed by atoms with van der Waals surface area (Å²) in [6.07, 6.45) is 1.34. The van der Waals surface area contributed by atoms with Crippen molar-refractivity contribution >= 4 is 35.0 Å². The summed E-state index contributed by atoms with van der Waals surface area (Å²) in [6, 6.07) is 5.21. The Labute approximate surface area is 130 Å². The van der Waals surface area contributed by atoms with E-state index in [0.29, 0.717) is 22.4 Å². The van der Waals surface area contributed by atoms with Gasteiger partial charge >= 0.3 is 0 Å². The monoisotopic (exact) mass is 321 g/mol. The number of rotatable bonds is 2. The molecule has 108 valence electrons. The third-order valence-electron chi connectivity index (χ3n) is 3.25. The number of hydrogen-bond acceptors (Lipinski definition) is 4. The Hall–Kier alpha value is -1.79. The molecule has 0 saturated heterocycles. The number of hydrogen-bond donors (Lipinski definition) is 1. The summed E-state index contributed by atoms with van der Waals surface area (Å²) in [6.45, 7) is 2.44. The molecule has 2 aromatic rings. The number of thioether (sulfide) groups is 1. The van der Waals surface area contributed by atoms with E-state index < -0.39 is 5.91 Å². The lowest BCUT2D eigenvalue weighted by molar-refractivity contribution is 0.102. The molecule has 0 bridgehead atoms. The van der Waals surface area contributed by atoms with E-state index in [1.54, 1.807) is 12.1 Å². The molecule has 1 aliphatic rings. The maximum atomic E-state index is 12.3. The zero-order valence-corrected chi connectivity index (χ0v) is 12.8. The molecular formula is C14H12ClN3O2S. The van der Waals surface area contributed by atoms with Crippen LogP contribution in [0.1, 0.15) is 15.9 Å². The molecule has 5 nitrogen and oxygen atoms in total. The molecule has 1 N–H and O–H groups in total. The van der Waals surface area contributed by atoms with E-state index >= 15 is 0 Å². The van der Waals surface area contributed by atoms with Crippen LogP contribution in [0.4, 0.5) is 5.69 Å². The average molecular weight is 322 g/mol. The number of amides is 1. The Morgan fingerprint density at radius 3 is 3.10 bits per heavy atom. The number of nitrogens with zero attached hydrogens (tertiary/aromatic N) is 2. The summed E-state index contributed by atoms with van der Waals surface area (Å²) in [5, 5.41) is 3.90. The number of anilines is 1. The molecule has 0 spiro atoms. The topological polar surface area (TPSA) is 64.0 Å². The van der Waals surface area contributed by atoms with Crippen LogP contribution in [0.15, 0.2) is 34.3 Å². The third kappa shape index (κ3) is 2.69. The van der Waals surface area contributed by atoms with Crippen LogP contribution in [0.25, 0.3) is 0 Å². The number of nitrogens with one attached hydrogen (secondary N) is 1. The smallest absolute Gasteiger partial charge is 0.267 e. The van der Waals surface area contributed by atoms with Crippen LogP contribution in [-0.4, -0.2) is 21.2 Å². The average Bonchev–Trinajstić information content (AvgIpc) is 2.92. The standard InChI is InChI=1S/C14H12ClN3O2S/c1-8-2-3-9(15)6-11(8)17-12(19)10-7-16-14-18(13(10)20)4-5-21-14/h2-3,6-7H,4-5H2,1H3,(H,17,19). The van der Waals surface area contributed by atoms with E-state index in [1.165, 1.54) is 22.5 Å². The fourth-order valence-electron chi connectivity index (χ4n) is 2.09. The SMILES string of the molecule is Cc1ccc(Cl)cc1NC(=O)c1cnc2n(c1=O)CCS2. The van der Waals surface area contributed by atoms with Crippen molar-refractivity contribution in [3.63, 3.8) is 0 Å². The van der Waals surface area contributed by atoms with E-state index in [2.05, 4.69) is 10.3 Å². The van der Waals surface area contributed by atoms with Gasteiger partial charge in [0.25, 0.3) is 11.5 Å². The van der Waals surface area contributed by atoms with Gasteiger partial charge in [-0.3, -0.25) is 14.2 Å². The van der Waals surface area contributed by atoms with Gasteiger partial charge in [-0.05, 0) is 24.6 Å². The first-order valence-electron chi connectivity index (χ1n) is 6.36. The number of carbonyl (C=O) groups is 1. The Morgan fingerprint density at radius 1 is 1.48 bits per heavy atom. The lowest BCUT2D eigenvalue weighted by atomic mass is 10.2. The quantitative estimate of drug-likeness (QED) is 0.863. The zero-order valence-electron chi connectivity index (χ0n) is 11.2. The molecule has 1 aromatic carbocycles. The highest BCUT2D eigenvalue weighted by atomic mass is 35.5. The van der Waals surface area contributed by atoms with Gasteiger partial charge in [0.15, 0.2) is 5.16 Å². The molecule has 3 rings (SSSR count). The maximum Gasteiger partial charge on any atom is 0.267 e. The van der Waals surface area contributed by atoms with Gasteiger partial charge in [-0.25, -0.2) is 4.98 Å². The second-order valence-electron chi connectivity index (χ2n) is 4.67. The van der Waals surface area contributed by atoms with Crippen molar-refractivity contribution in [1.82, 2.24) is 9.55 Å². The largest absolute Gasteiger partial charge is 0.321 e. The molecule has 0 aliphatic carbocycles. The van der Waals surface area contributed by atoms with Crippen LogP contribution in [0.5, 0.6) is 0 Å². The molecule has 0 radical (unpaired) electrons. The Balaban J connectivity index is 1.93. The first-order chi connectivity index (χ1) is 10.1. The third-order valence-corrected chi connectivity index (χ3v) is 4.45. The molecule has 1 amide bonds. The summed E-state index contributed by atoms with van der Waals surface area (Å²) in [7, 11) is 0. The van der Waals surface area contributed by atoms with Gasteiger partial charge in [-0.2, -0.15) is 0 Å². The highest BCUT2D eigenvalue weighted by Crippen LogP contribution is 2.22. The van der Waals surface area contributed by atoms with Gasteiger partial charge in [-0.1, -0.05) is 29.4 Å². The highest BCUT2D eigenvalue weighted by Gasteiger charge is 2.20. The predicted octanol–water partition coefficient (Wildman–Crippen LogP) is 2.56. The second-order valence-corrected chi connectivity index (χ2v) is 6.17. The Morgan fingerprint density at radius 2 is 2.29 bits per heavy atom. The van der Waals surface area contributed by atoms with Gasteiger partial charge in [0.05, 0.1) is 0 Å². The number of benzene rings is 1. The fourth-order valence-corrected chi connectivity index (χ4v) is 3.18. The summed E-state index contributed by atoms with van der Waals surface area (Å²) in [5.74, 6) is 0.339. The number of aryl methyl sites for hydroxylation is 1. The van der Waals surface area contributed by atoms with Crippen molar-refractivity contribution < 1.29 is 4.79 Å². The van der Waals surface area contributed by atoms with Gasteiger partial charge in [-0.15, -0.1) is 0 Å². The Kier molecular flexibility index (Phi) is 3.73. The molecule has 0 atom stereocenters. The van der Waals surface area contributed by atoms with Crippen LogP contribution >= 0.6 is 23.4 Å². The molecule has 0 fully saturated rings. The molecular weight excluding hydrogens is 310 g/mol. The maximum absolute atomic E-state index is 12.3.